The Morgan fingerprint density at radius 1 is 0.500 bits per heavy atom. The van der Waals surface area contributed by atoms with E-state index in [0.29, 0.717) is 0 Å². The molecule has 5 aromatic rings. The van der Waals surface area contributed by atoms with Gasteiger partial charge in [-0.15, -0.1) is 0 Å². The molecule has 32 heavy (non-hydrogen) atoms. The molecule has 5 rings (SSSR count). The molecular formula is C30H23ClN+. The molecule has 4 aromatic carbocycles. The van der Waals surface area contributed by atoms with Crippen molar-refractivity contribution in [2.24, 2.45) is 7.05 Å². The molecule has 0 unspecified atom stereocenters. The van der Waals surface area contributed by atoms with Crippen LogP contribution < -0.4 is 4.57 Å². The second kappa shape index (κ2) is 8.82. The SMILES string of the molecule is C[n+]1ccc(-c2c(-c3ccccc3)cc(-c3ccc(Cl)cc3)cc2-c2ccccc2)cc1. The first-order valence-electron chi connectivity index (χ1n) is 10.7. The Bertz CT molecular complexity index is 1280. The number of nitrogens with zero attached hydrogens (tertiary/aromatic N) is 1. The largest absolute Gasteiger partial charge is 0.208 e. The highest BCUT2D eigenvalue weighted by Gasteiger charge is 2.17. The van der Waals surface area contributed by atoms with Crippen molar-refractivity contribution in [2.75, 3.05) is 0 Å². The van der Waals surface area contributed by atoms with Crippen LogP contribution in [0.15, 0.2) is 122 Å². The fraction of sp³-hybridized carbons (Fsp3) is 0.0333. The minimum atomic E-state index is 0.745. The van der Waals surface area contributed by atoms with E-state index in [9.17, 15) is 0 Å². The second-order valence-electron chi connectivity index (χ2n) is 7.94. The fourth-order valence-electron chi connectivity index (χ4n) is 4.12. The summed E-state index contributed by atoms with van der Waals surface area (Å²) in [5, 5.41) is 0.745. The van der Waals surface area contributed by atoms with Gasteiger partial charge in [0.1, 0.15) is 7.05 Å². The summed E-state index contributed by atoms with van der Waals surface area (Å²) < 4.78 is 2.07. The quantitative estimate of drug-likeness (QED) is 0.255. The maximum absolute atomic E-state index is 6.17. The summed E-state index contributed by atoms with van der Waals surface area (Å²) in [6.07, 6.45) is 4.21. The van der Waals surface area contributed by atoms with Crippen molar-refractivity contribution < 1.29 is 4.57 Å². The van der Waals surface area contributed by atoms with Crippen molar-refractivity contribution in [1.82, 2.24) is 0 Å². The molecule has 0 amide bonds. The fourth-order valence-corrected chi connectivity index (χ4v) is 4.25. The van der Waals surface area contributed by atoms with Gasteiger partial charge in [-0.25, -0.2) is 4.57 Å². The lowest BCUT2D eigenvalue weighted by Crippen LogP contribution is -2.25. The zero-order valence-electron chi connectivity index (χ0n) is 17.9. The Morgan fingerprint density at radius 2 is 1.00 bits per heavy atom. The van der Waals surface area contributed by atoms with Crippen LogP contribution in [0.3, 0.4) is 0 Å². The standard InChI is InChI=1S/C30H23ClN/c1-32-18-16-25(17-19-32)30-28(23-8-4-2-5-9-23)20-26(22-12-14-27(31)15-13-22)21-29(30)24-10-6-3-7-11-24/h2-21H,1H3/q+1. The first kappa shape index (κ1) is 20.2. The number of aryl methyl sites for hydroxylation is 1. The van der Waals surface area contributed by atoms with Crippen molar-refractivity contribution in [3.05, 3.63) is 127 Å². The molecule has 1 aromatic heterocycles. The van der Waals surface area contributed by atoms with Gasteiger partial charge in [0.05, 0.1) is 0 Å². The lowest BCUT2D eigenvalue weighted by Gasteiger charge is -2.18. The molecular weight excluding hydrogens is 410 g/mol. The molecule has 0 N–H and O–H groups in total. The summed E-state index contributed by atoms with van der Waals surface area (Å²) in [6, 6.07) is 38.3. The molecule has 0 aliphatic carbocycles. The van der Waals surface area contributed by atoms with Gasteiger partial charge in [0, 0.05) is 17.2 Å². The summed E-state index contributed by atoms with van der Waals surface area (Å²) >= 11 is 6.17. The number of aromatic nitrogens is 1. The number of hydrogen-bond acceptors (Lipinski definition) is 0. The van der Waals surface area contributed by atoms with E-state index < -0.39 is 0 Å². The van der Waals surface area contributed by atoms with Gasteiger partial charge >= 0.3 is 0 Å². The Kier molecular flexibility index (Phi) is 5.58. The first-order valence-corrected chi connectivity index (χ1v) is 11.1. The van der Waals surface area contributed by atoms with Gasteiger partial charge in [-0.2, -0.15) is 0 Å². The first-order chi connectivity index (χ1) is 15.7. The molecule has 0 radical (unpaired) electrons. The Labute approximate surface area is 194 Å². The predicted molar refractivity (Wildman–Crippen MR) is 134 cm³/mol. The van der Waals surface area contributed by atoms with Crippen LogP contribution in [0, 0.1) is 0 Å². The second-order valence-corrected chi connectivity index (χ2v) is 8.37. The van der Waals surface area contributed by atoms with E-state index in [4.69, 9.17) is 11.6 Å². The topological polar surface area (TPSA) is 3.88 Å². The van der Waals surface area contributed by atoms with E-state index in [1.165, 1.54) is 38.9 Å². The van der Waals surface area contributed by atoms with Crippen LogP contribution in [0.1, 0.15) is 0 Å². The molecule has 0 fully saturated rings. The molecule has 0 saturated carbocycles. The molecule has 154 valence electrons. The number of pyridine rings is 1. The number of benzene rings is 4. The Balaban J connectivity index is 1.86. The van der Waals surface area contributed by atoms with E-state index in [-0.39, 0.29) is 0 Å². The van der Waals surface area contributed by atoms with Crippen LogP contribution in [-0.2, 0) is 7.05 Å². The van der Waals surface area contributed by atoms with Crippen LogP contribution in [-0.4, -0.2) is 0 Å². The highest BCUT2D eigenvalue weighted by atomic mass is 35.5. The van der Waals surface area contributed by atoms with Gasteiger partial charge in [0.2, 0.25) is 0 Å². The lowest BCUT2D eigenvalue weighted by atomic mass is 9.85. The van der Waals surface area contributed by atoms with Crippen LogP contribution in [0.25, 0.3) is 44.5 Å². The van der Waals surface area contributed by atoms with Crippen LogP contribution in [0.4, 0.5) is 0 Å². The third-order valence-electron chi connectivity index (χ3n) is 5.75. The van der Waals surface area contributed by atoms with Crippen LogP contribution in [0.5, 0.6) is 0 Å². The van der Waals surface area contributed by atoms with Gasteiger partial charge in [-0.3, -0.25) is 0 Å². The van der Waals surface area contributed by atoms with Gasteiger partial charge in [-0.05, 0) is 68.8 Å². The highest BCUT2D eigenvalue weighted by Crippen LogP contribution is 2.43. The molecule has 0 spiro atoms. The number of hydrogen-bond donors (Lipinski definition) is 0. The van der Waals surface area contributed by atoms with Crippen molar-refractivity contribution in [3.63, 3.8) is 0 Å². The average Bonchev–Trinajstić information content (AvgIpc) is 2.85. The monoisotopic (exact) mass is 432 g/mol. The van der Waals surface area contributed by atoms with Crippen LogP contribution in [0.2, 0.25) is 5.02 Å². The van der Waals surface area contributed by atoms with E-state index in [2.05, 4.69) is 114 Å². The van der Waals surface area contributed by atoms with Crippen molar-refractivity contribution in [1.29, 1.82) is 0 Å². The van der Waals surface area contributed by atoms with E-state index in [1.807, 2.05) is 19.2 Å². The zero-order valence-corrected chi connectivity index (χ0v) is 18.6. The molecule has 1 nitrogen and oxygen atoms in total. The van der Waals surface area contributed by atoms with Gasteiger partial charge < -0.3 is 0 Å². The molecule has 0 atom stereocenters. The minimum absolute atomic E-state index is 0.745. The molecule has 1 heterocycles. The number of rotatable bonds is 4. The molecule has 0 bridgehead atoms. The van der Waals surface area contributed by atoms with Crippen molar-refractivity contribution in [2.45, 2.75) is 0 Å². The van der Waals surface area contributed by atoms with Crippen molar-refractivity contribution >= 4 is 11.6 Å². The molecule has 2 heteroatoms. The summed E-state index contributed by atoms with van der Waals surface area (Å²) in [5.74, 6) is 0. The average molecular weight is 433 g/mol. The lowest BCUT2D eigenvalue weighted by molar-refractivity contribution is -0.671. The zero-order chi connectivity index (χ0) is 21.9. The minimum Gasteiger partial charge on any atom is -0.208 e. The molecule has 0 saturated heterocycles. The molecule has 0 aliphatic rings. The van der Waals surface area contributed by atoms with Crippen molar-refractivity contribution in [3.8, 4) is 44.5 Å². The predicted octanol–water partition coefficient (Wildman–Crippen LogP) is 7.83. The van der Waals surface area contributed by atoms with Crippen LogP contribution >= 0.6 is 11.6 Å². The highest BCUT2D eigenvalue weighted by molar-refractivity contribution is 6.30. The van der Waals surface area contributed by atoms with Gasteiger partial charge in [-0.1, -0.05) is 84.4 Å². The Morgan fingerprint density at radius 3 is 1.50 bits per heavy atom. The van der Waals surface area contributed by atoms with Gasteiger partial charge in [0.15, 0.2) is 12.4 Å². The maximum Gasteiger partial charge on any atom is 0.169 e. The van der Waals surface area contributed by atoms with E-state index in [0.717, 1.165) is 10.6 Å². The van der Waals surface area contributed by atoms with Gasteiger partial charge in [0.25, 0.3) is 0 Å². The maximum atomic E-state index is 6.17. The third kappa shape index (κ3) is 4.08. The third-order valence-corrected chi connectivity index (χ3v) is 6.00. The molecule has 0 aliphatic heterocycles. The summed E-state index contributed by atoms with van der Waals surface area (Å²) in [5.41, 5.74) is 9.58. The summed E-state index contributed by atoms with van der Waals surface area (Å²) in [7, 11) is 2.05. The smallest absolute Gasteiger partial charge is 0.169 e. The number of halogens is 1. The summed E-state index contributed by atoms with van der Waals surface area (Å²) in [4.78, 5) is 0. The normalized spacial score (nSPS) is 10.8. The van der Waals surface area contributed by atoms with E-state index in [1.54, 1.807) is 0 Å². The Hall–Kier alpha value is -3.68. The van der Waals surface area contributed by atoms with E-state index >= 15 is 0 Å². The summed E-state index contributed by atoms with van der Waals surface area (Å²) in [6.45, 7) is 0.